The molecule has 8 heteroatoms. The quantitative estimate of drug-likeness (QED) is 0.757. The Morgan fingerprint density at radius 1 is 1.04 bits per heavy atom. The number of amides is 1. The first-order valence-electron chi connectivity index (χ1n) is 7.84. The van der Waals surface area contributed by atoms with E-state index in [2.05, 4.69) is 5.10 Å². The van der Waals surface area contributed by atoms with Crippen molar-refractivity contribution in [1.29, 1.82) is 0 Å². The summed E-state index contributed by atoms with van der Waals surface area (Å²) in [5.41, 5.74) is -1.27. The highest BCUT2D eigenvalue weighted by Crippen LogP contribution is 2.34. The molecule has 0 bridgehead atoms. The molecule has 0 unspecified atom stereocenters. The molecule has 5 nitrogen and oxygen atoms in total. The number of hydrogen-bond donors (Lipinski definition) is 0. The molecular formula is C19H15F3N2O3. The third-order valence-corrected chi connectivity index (χ3v) is 3.89. The average molecular weight is 376 g/mol. The fraction of sp³-hybridized carbons (Fsp3) is 0.158. The molecule has 0 saturated heterocycles. The van der Waals surface area contributed by atoms with E-state index in [1.807, 2.05) is 0 Å². The molecule has 3 rings (SSSR count). The lowest BCUT2D eigenvalue weighted by Gasteiger charge is -2.11. The van der Waals surface area contributed by atoms with Crippen LogP contribution < -0.4 is 14.5 Å². The first-order valence-corrected chi connectivity index (χ1v) is 7.84. The lowest BCUT2D eigenvalue weighted by molar-refractivity contribution is -0.114. The van der Waals surface area contributed by atoms with Gasteiger partial charge < -0.3 is 9.47 Å². The van der Waals surface area contributed by atoms with Crippen molar-refractivity contribution in [2.24, 2.45) is 5.10 Å². The largest absolute Gasteiger partial charge is 0.497 e. The molecule has 0 aromatic heterocycles. The number of anilines is 1. The summed E-state index contributed by atoms with van der Waals surface area (Å²) in [7, 11) is 2.84. The van der Waals surface area contributed by atoms with Gasteiger partial charge in [-0.15, -0.1) is 0 Å². The van der Waals surface area contributed by atoms with Gasteiger partial charge in [-0.25, -0.2) is 0 Å². The van der Waals surface area contributed by atoms with Crippen molar-refractivity contribution in [2.75, 3.05) is 19.2 Å². The van der Waals surface area contributed by atoms with E-state index in [1.165, 1.54) is 38.5 Å². The molecule has 2 aromatic rings. The first-order chi connectivity index (χ1) is 12.8. The maximum atomic E-state index is 13.5. The lowest BCUT2D eigenvalue weighted by Crippen LogP contribution is -2.25. The van der Waals surface area contributed by atoms with E-state index in [-0.39, 0.29) is 11.4 Å². The number of benzene rings is 2. The second-order valence-corrected chi connectivity index (χ2v) is 5.56. The standard InChI is InChI=1S/C19H15F3N2O3/c1-26-14-9-8-12(16(11-14)27-2)10-15-17(19(20,21)22)23-24(18(15)25)13-6-4-3-5-7-13/h3-11H,1-2H3/b15-10-. The van der Waals surface area contributed by atoms with Gasteiger partial charge in [0.1, 0.15) is 11.5 Å². The van der Waals surface area contributed by atoms with Crippen LogP contribution in [-0.4, -0.2) is 32.0 Å². The number of para-hydroxylation sites is 1. The molecule has 0 fully saturated rings. The maximum absolute atomic E-state index is 13.5. The zero-order valence-electron chi connectivity index (χ0n) is 14.4. The van der Waals surface area contributed by atoms with Crippen molar-refractivity contribution in [3.63, 3.8) is 0 Å². The fourth-order valence-electron chi connectivity index (χ4n) is 2.59. The van der Waals surface area contributed by atoms with Crippen LogP contribution >= 0.6 is 0 Å². The van der Waals surface area contributed by atoms with Crippen molar-refractivity contribution >= 4 is 23.4 Å². The van der Waals surface area contributed by atoms with Crippen molar-refractivity contribution in [2.45, 2.75) is 6.18 Å². The van der Waals surface area contributed by atoms with Crippen LogP contribution in [-0.2, 0) is 4.79 Å². The van der Waals surface area contributed by atoms with Gasteiger partial charge in [-0.05, 0) is 30.3 Å². The van der Waals surface area contributed by atoms with Crippen molar-refractivity contribution < 1.29 is 27.4 Å². The van der Waals surface area contributed by atoms with Gasteiger partial charge in [0, 0.05) is 11.6 Å². The van der Waals surface area contributed by atoms with Crippen LogP contribution in [0.3, 0.4) is 0 Å². The minimum Gasteiger partial charge on any atom is -0.497 e. The third-order valence-electron chi connectivity index (χ3n) is 3.89. The fourth-order valence-corrected chi connectivity index (χ4v) is 2.59. The Morgan fingerprint density at radius 3 is 2.33 bits per heavy atom. The number of carbonyl (C=O) groups is 1. The summed E-state index contributed by atoms with van der Waals surface area (Å²) in [4.78, 5) is 12.7. The third kappa shape index (κ3) is 3.64. The van der Waals surface area contributed by atoms with Crippen LogP contribution in [0.1, 0.15) is 5.56 Å². The molecule has 27 heavy (non-hydrogen) atoms. The smallest absolute Gasteiger partial charge is 0.435 e. The molecule has 1 heterocycles. The highest BCUT2D eigenvalue weighted by atomic mass is 19.4. The first kappa shape index (κ1) is 18.5. The number of carbonyl (C=O) groups excluding carboxylic acids is 1. The number of alkyl halides is 3. The van der Waals surface area contributed by atoms with E-state index < -0.39 is 23.4 Å². The Bertz CT molecular complexity index is 922. The molecule has 1 aliphatic heterocycles. The molecule has 1 amide bonds. The number of hydrogen-bond acceptors (Lipinski definition) is 4. The summed E-state index contributed by atoms with van der Waals surface area (Å²) in [6.45, 7) is 0. The van der Waals surface area contributed by atoms with Gasteiger partial charge in [0.05, 0.1) is 25.5 Å². The second-order valence-electron chi connectivity index (χ2n) is 5.56. The SMILES string of the molecule is COc1ccc(/C=C2\C(=O)N(c3ccccc3)N=C2C(F)(F)F)c(OC)c1. The van der Waals surface area contributed by atoms with E-state index >= 15 is 0 Å². The topological polar surface area (TPSA) is 51.1 Å². The Labute approximate surface area is 153 Å². The molecule has 0 saturated carbocycles. The Balaban J connectivity index is 2.10. The Morgan fingerprint density at radius 2 is 1.74 bits per heavy atom. The Kier molecular flexibility index (Phi) is 4.89. The van der Waals surface area contributed by atoms with E-state index in [0.717, 1.165) is 11.1 Å². The molecular weight excluding hydrogens is 361 g/mol. The zero-order chi connectivity index (χ0) is 19.6. The van der Waals surface area contributed by atoms with Gasteiger partial charge in [0.25, 0.3) is 5.91 Å². The number of methoxy groups -OCH3 is 2. The van der Waals surface area contributed by atoms with Crippen LogP contribution in [0.4, 0.5) is 18.9 Å². The summed E-state index contributed by atoms with van der Waals surface area (Å²) in [5, 5.41) is 4.26. The molecule has 0 aliphatic carbocycles. The van der Waals surface area contributed by atoms with Crippen molar-refractivity contribution in [3.05, 3.63) is 59.7 Å². The van der Waals surface area contributed by atoms with Crippen LogP contribution in [0, 0.1) is 0 Å². The highest BCUT2D eigenvalue weighted by molar-refractivity contribution is 6.34. The number of ether oxygens (including phenoxy) is 2. The summed E-state index contributed by atoms with van der Waals surface area (Å²) >= 11 is 0. The van der Waals surface area contributed by atoms with Gasteiger partial charge in [0.2, 0.25) is 0 Å². The minimum atomic E-state index is -4.79. The predicted molar refractivity (Wildman–Crippen MR) is 94.9 cm³/mol. The molecule has 140 valence electrons. The highest BCUT2D eigenvalue weighted by Gasteiger charge is 2.46. The van der Waals surface area contributed by atoms with Gasteiger partial charge in [-0.1, -0.05) is 18.2 Å². The lowest BCUT2D eigenvalue weighted by atomic mass is 10.0. The summed E-state index contributed by atoms with van der Waals surface area (Å²) in [5.74, 6) is -0.122. The maximum Gasteiger partial charge on any atom is 0.435 e. The molecule has 0 spiro atoms. The minimum absolute atomic E-state index is 0.245. The van der Waals surface area contributed by atoms with E-state index in [9.17, 15) is 18.0 Å². The van der Waals surface area contributed by atoms with Crippen LogP contribution in [0.5, 0.6) is 11.5 Å². The van der Waals surface area contributed by atoms with Gasteiger partial charge in [-0.2, -0.15) is 23.3 Å². The molecule has 2 aromatic carbocycles. The zero-order valence-corrected chi connectivity index (χ0v) is 14.4. The average Bonchev–Trinajstić information content (AvgIpc) is 2.99. The Hall–Kier alpha value is -3.29. The monoisotopic (exact) mass is 376 g/mol. The van der Waals surface area contributed by atoms with Gasteiger partial charge in [-0.3, -0.25) is 4.79 Å². The number of nitrogens with zero attached hydrogens (tertiary/aromatic N) is 2. The van der Waals surface area contributed by atoms with Crippen LogP contribution in [0.25, 0.3) is 6.08 Å². The van der Waals surface area contributed by atoms with Gasteiger partial charge in [0.15, 0.2) is 5.71 Å². The molecule has 0 radical (unpaired) electrons. The number of rotatable bonds is 4. The molecule has 1 aliphatic rings. The summed E-state index contributed by atoms with van der Waals surface area (Å²) in [6.07, 6.45) is -3.67. The summed E-state index contributed by atoms with van der Waals surface area (Å²) in [6, 6.07) is 12.5. The molecule has 0 atom stereocenters. The van der Waals surface area contributed by atoms with E-state index in [0.29, 0.717) is 11.3 Å². The van der Waals surface area contributed by atoms with Crippen LogP contribution in [0.2, 0.25) is 0 Å². The normalized spacial score (nSPS) is 15.9. The van der Waals surface area contributed by atoms with E-state index in [4.69, 9.17) is 9.47 Å². The summed E-state index contributed by atoms with van der Waals surface area (Å²) < 4.78 is 50.7. The van der Waals surface area contributed by atoms with Crippen molar-refractivity contribution in [3.8, 4) is 11.5 Å². The molecule has 0 N–H and O–H groups in total. The van der Waals surface area contributed by atoms with E-state index in [1.54, 1.807) is 24.3 Å². The number of halogens is 3. The predicted octanol–water partition coefficient (Wildman–Crippen LogP) is 4.05. The van der Waals surface area contributed by atoms with Gasteiger partial charge >= 0.3 is 6.18 Å². The number of hydrazone groups is 1. The van der Waals surface area contributed by atoms with Crippen LogP contribution in [0.15, 0.2) is 59.2 Å². The van der Waals surface area contributed by atoms with Crippen molar-refractivity contribution in [1.82, 2.24) is 0 Å². The second kappa shape index (κ2) is 7.14.